The van der Waals surface area contributed by atoms with E-state index in [9.17, 15) is 4.79 Å². The van der Waals surface area contributed by atoms with Crippen LogP contribution in [-0.4, -0.2) is 12.4 Å². The number of hydrogen-bond acceptors (Lipinski definition) is 2. The summed E-state index contributed by atoms with van der Waals surface area (Å²) in [7, 11) is 0. The smallest absolute Gasteiger partial charge is 0.156 e. The summed E-state index contributed by atoms with van der Waals surface area (Å²) in [5, 5.41) is 0. The summed E-state index contributed by atoms with van der Waals surface area (Å²) in [5.41, 5.74) is 3.44. The first-order valence-electron chi connectivity index (χ1n) is 7.34. The zero-order valence-corrected chi connectivity index (χ0v) is 11.7. The maximum Gasteiger partial charge on any atom is 0.156 e. The summed E-state index contributed by atoms with van der Waals surface area (Å²) >= 11 is 0. The molecular weight excluding hydrogens is 260 g/mol. The number of ketones is 1. The third-order valence-corrected chi connectivity index (χ3v) is 4.47. The van der Waals surface area contributed by atoms with E-state index in [0.717, 1.165) is 16.9 Å². The summed E-state index contributed by atoms with van der Waals surface area (Å²) in [6.45, 7) is 0.648. The van der Waals surface area contributed by atoms with Crippen molar-refractivity contribution in [2.75, 3.05) is 6.61 Å². The van der Waals surface area contributed by atoms with E-state index in [-0.39, 0.29) is 17.6 Å². The van der Waals surface area contributed by atoms with Crippen LogP contribution in [0, 0.1) is 5.92 Å². The van der Waals surface area contributed by atoms with Gasteiger partial charge < -0.3 is 4.74 Å². The Hall–Kier alpha value is -2.35. The normalized spacial score (nSPS) is 23.6. The van der Waals surface area contributed by atoms with Gasteiger partial charge in [0, 0.05) is 23.8 Å². The Morgan fingerprint density at radius 1 is 0.905 bits per heavy atom. The lowest BCUT2D eigenvalue weighted by Crippen LogP contribution is -2.30. The van der Waals surface area contributed by atoms with Crippen LogP contribution in [0.2, 0.25) is 0 Å². The second-order valence-electron chi connectivity index (χ2n) is 5.70. The summed E-state index contributed by atoms with van der Waals surface area (Å²) in [6, 6.07) is 18.3. The van der Waals surface area contributed by atoms with Crippen LogP contribution in [0.25, 0.3) is 5.57 Å². The van der Waals surface area contributed by atoms with Gasteiger partial charge in [0.15, 0.2) is 5.78 Å². The molecule has 1 aliphatic heterocycles. The predicted octanol–water partition coefficient (Wildman–Crippen LogP) is 3.84. The molecule has 21 heavy (non-hydrogen) atoms. The molecular formula is C19H16O2. The molecule has 0 fully saturated rings. The largest absolute Gasteiger partial charge is 0.492 e. The summed E-state index contributed by atoms with van der Waals surface area (Å²) in [5.74, 6) is 1.58. The Bertz CT molecular complexity index is 715. The maximum atomic E-state index is 12.2. The molecule has 0 amide bonds. The molecule has 2 aromatic carbocycles. The number of allylic oxidation sites excluding steroid dienone is 1. The van der Waals surface area contributed by atoms with Crippen molar-refractivity contribution in [1.29, 1.82) is 0 Å². The molecule has 2 atom stereocenters. The fourth-order valence-corrected chi connectivity index (χ4v) is 3.46. The zero-order chi connectivity index (χ0) is 14.2. The van der Waals surface area contributed by atoms with Crippen molar-refractivity contribution in [3.8, 4) is 5.75 Å². The van der Waals surface area contributed by atoms with Crippen LogP contribution in [0.3, 0.4) is 0 Å². The topological polar surface area (TPSA) is 26.3 Å². The predicted molar refractivity (Wildman–Crippen MR) is 82.2 cm³/mol. The highest BCUT2D eigenvalue weighted by molar-refractivity contribution is 6.00. The van der Waals surface area contributed by atoms with Crippen molar-refractivity contribution in [3.05, 3.63) is 71.8 Å². The molecule has 2 aromatic rings. The van der Waals surface area contributed by atoms with E-state index in [1.807, 2.05) is 48.5 Å². The maximum absolute atomic E-state index is 12.2. The van der Waals surface area contributed by atoms with Crippen LogP contribution in [0.1, 0.15) is 23.5 Å². The molecule has 0 saturated carbocycles. The Balaban J connectivity index is 1.81. The molecule has 0 saturated heterocycles. The highest BCUT2D eigenvalue weighted by atomic mass is 16.5. The van der Waals surface area contributed by atoms with Crippen LogP contribution in [0.4, 0.5) is 0 Å². The van der Waals surface area contributed by atoms with Crippen LogP contribution in [0.5, 0.6) is 5.75 Å². The van der Waals surface area contributed by atoms with Crippen molar-refractivity contribution in [3.63, 3.8) is 0 Å². The van der Waals surface area contributed by atoms with Gasteiger partial charge in [-0.1, -0.05) is 48.5 Å². The lowest BCUT2D eigenvalue weighted by molar-refractivity contribution is -0.115. The quantitative estimate of drug-likeness (QED) is 0.791. The molecule has 0 unspecified atom stereocenters. The van der Waals surface area contributed by atoms with Gasteiger partial charge in [0.1, 0.15) is 5.75 Å². The van der Waals surface area contributed by atoms with Crippen LogP contribution in [-0.2, 0) is 4.79 Å². The summed E-state index contributed by atoms with van der Waals surface area (Å²) < 4.78 is 5.93. The van der Waals surface area contributed by atoms with Crippen LogP contribution < -0.4 is 4.74 Å². The Morgan fingerprint density at radius 3 is 2.52 bits per heavy atom. The van der Waals surface area contributed by atoms with E-state index in [2.05, 4.69) is 12.1 Å². The summed E-state index contributed by atoms with van der Waals surface area (Å²) in [6.07, 6.45) is 2.40. The fourth-order valence-electron chi connectivity index (χ4n) is 3.46. The number of rotatable bonds is 1. The van der Waals surface area contributed by atoms with Gasteiger partial charge in [0.25, 0.3) is 0 Å². The SMILES string of the molecule is O=C1C=C2c3ccccc3OC[C@H]2[C@H](c2ccccc2)C1. The summed E-state index contributed by atoms with van der Waals surface area (Å²) in [4.78, 5) is 12.2. The van der Waals surface area contributed by atoms with Gasteiger partial charge >= 0.3 is 0 Å². The Kier molecular flexibility index (Phi) is 2.88. The average Bonchev–Trinajstić information content (AvgIpc) is 2.55. The molecule has 0 radical (unpaired) electrons. The van der Waals surface area contributed by atoms with Gasteiger partial charge in [0.05, 0.1) is 6.61 Å². The minimum absolute atomic E-state index is 0.215. The molecule has 0 spiro atoms. The van der Waals surface area contributed by atoms with E-state index in [0.29, 0.717) is 13.0 Å². The minimum atomic E-state index is 0.215. The first-order valence-corrected chi connectivity index (χ1v) is 7.34. The second-order valence-corrected chi connectivity index (χ2v) is 5.70. The Labute approximate surface area is 124 Å². The third-order valence-electron chi connectivity index (χ3n) is 4.47. The van der Waals surface area contributed by atoms with Gasteiger partial charge in [-0.3, -0.25) is 4.79 Å². The van der Waals surface area contributed by atoms with E-state index >= 15 is 0 Å². The van der Waals surface area contributed by atoms with E-state index < -0.39 is 0 Å². The molecule has 2 aliphatic rings. The fraction of sp³-hybridized carbons (Fsp3) is 0.211. The lowest BCUT2D eigenvalue weighted by atomic mass is 9.72. The van der Waals surface area contributed by atoms with Crippen molar-refractivity contribution in [1.82, 2.24) is 0 Å². The first-order chi connectivity index (χ1) is 10.3. The van der Waals surface area contributed by atoms with Gasteiger partial charge in [-0.05, 0) is 23.3 Å². The molecule has 0 bridgehead atoms. The zero-order valence-electron chi connectivity index (χ0n) is 11.7. The van der Waals surface area contributed by atoms with Gasteiger partial charge in [-0.15, -0.1) is 0 Å². The molecule has 104 valence electrons. The average molecular weight is 276 g/mol. The van der Waals surface area contributed by atoms with Gasteiger partial charge in [0.2, 0.25) is 0 Å². The van der Waals surface area contributed by atoms with E-state index in [1.165, 1.54) is 5.56 Å². The molecule has 2 heteroatoms. The third kappa shape index (κ3) is 2.07. The lowest BCUT2D eigenvalue weighted by Gasteiger charge is -2.36. The van der Waals surface area contributed by atoms with E-state index in [4.69, 9.17) is 4.74 Å². The molecule has 0 aromatic heterocycles. The van der Waals surface area contributed by atoms with Crippen molar-refractivity contribution < 1.29 is 9.53 Å². The number of hydrogen-bond donors (Lipinski definition) is 0. The number of fused-ring (bicyclic) bond motifs is 3. The number of carbonyl (C=O) groups excluding carboxylic acids is 1. The van der Waals surface area contributed by atoms with Gasteiger partial charge in [-0.25, -0.2) is 0 Å². The highest BCUT2D eigenvalue weighted by Crippen LogP contribution is 2.46. The second kappa shape index (κ2) is 4.88. The monoisotopic (exact) mass is 276 g/mol. The number of benzene rings is 2. The molecule has 1 aliphatic carbocycles. The highest BCUT2D eigenvalue weighted by Gasteiger charge is 2.36. The number of para-hydroxylation sites is 1. The van der Waals surface area contributed by atoms with Crippen LogP contribution in [0.15, 0.2) is 60.7 Å². The molecule has 1 heterocycles. The van der Waals surface area contributed by atoms with Gasteiger partial charge in [-0.2, -0.15) is 0 Å². The van der Waals surface area contributed by atoms with E-state index in [1.54, 1.807) is 0 Å². The first kappa shape index (κ1) is 12.4. The number of ether oxygens (including phenoxy) is 1. The standard InChI is InChI=1S/C19H16O2/c20-14-10-16(13-6-2-1-3-7-13)18-12-21-19-9-5-4-8-15(19)17(18)11-14/h1-9,11,16,18H,10,12H2/t16-,18-/m0/s1. The Morgan fingerprint density at radius 2 is 1.67 bits per heavy atom. The van der Waals surface area contributed by atoms with Crippen LogP contribution >= 0.6 is 0 Å². The molecule has 4 rings (SSSR count). The van der Waals surface area contributed by atoms with Crippen molar-refractivity contribution in [2.45, 2.75) is 12.3 Å². The minimum Gasteiger partial charge on any atom is -0.492 e. The molecule has 0 N–H and O–H groups in total. The number of carbonyl (C=O) groups is 1. The van der Waals surface area contributed by atoms with Crippen molar-refractivity contribution in [2.24, 2.45) is 5.92 Å². The molecule has 2 nitrogen and oxygen atoms in total. The van der Waals surface area contributed by atoms with Crippen molar-refractivity contribution >= 4 is 11.4 Å².